The molecule has 1 heterocycles. The van der Waals surface area contributed by atoms with E-state index in [9.17, 15) is 9.59 Å². The summed E-state index contributed by atoms with van der Waals surface area (Å²) in [5.41, 5.74) is 3.09. The van der Waals surface area contributed by atoms with Gasteiger partial charge in [-0.3, -0.25) is 9.59 Å². The topological polar surface area (TPSA) is 67.9 Å². The van der Waals surface area contributed by atoms with E-state index in [1.165, 1.54) is 5.56 Å². The van der Waals surface area contributed by atoms with Crippen molar-refractivity contribution in [3.05, 3.63) is 53.6 Å². The summed E-state index contributed by atoms with van der Waals surface area (Å²) in [5, 5.41) is 2.75. The standard InChI is InChI=1S/C22H26N2O4/c1-15-12-17-6-4-5-7-18(17)24(15)22(26)14-23-21(25)11-9-16-8-10-19(27-2)20(13-16)28-3/h4-8,10,13,15H,9,11-12,14H2,1-3H3,(H,23,25). The molecule has 2 aromatic carbocycles. The number of fused-ring (bicyclic) bond motifs is 1. The third-order valence-electron chi connectivity index (χ3n) is 5.00. The monoisotopic (exact) mass is 382 g/mol. The minimum absolute atomic E-state index is 0.00341. The Hall–Kier alpha value is -3.02. The van der Waals surface area contributed by atoms with Crippen molar-refractivity contribution in [1.29, 1.82) is 0 Å². The molecule has 0 saturated carbocycles. The number of nitrogens with zero attached hydrogens (tertiary/aromatic N) is 1. The van der Waals surface area contributed by atoms with Gasteiger partial charge in [-0.2, -0.15) is 0 Å². The fraction of sp³-hybridized carbons (Fsp3) is 0.364. The maximum absolute atomic E-state index is 12.6. The van der Waals surface area contributed by atoms with Gasteiger partial charge >= 0.3 is 0 Å². The first-order valence-electron chi connectivity index (χ1n) is 9.41. The molecule has 1 aliphatic rings. The molecule has 6 nitrogen and oxygen atoms in total. The van der Waals surface area contributed by atoms with Gasteiger partial charge < -0.3 is 19.7 Å². The van der Waals surface area contributed by atoms with Gasteiger partial charge in [-0.1, -0.05) is 24.3 Å². The Kier molecular flexibility index (Phi) is 6.19. The molecule has 0 saturated heterocycles. The smallest absolute Gasteiger partial charge is 0.246 e. The second kappa shape index (κ2) is 8.78. The van der Waals surface area contributed by atoms with Crippen LogP contribution >= 0.6 is 0 Å². The molecular weight excluding hydrogens is 356 g/mol. The minimum atomic E-state index is -0.150. The molecule has 0 spiro atoms. The molecule has 6 heteroatoms. The van der Waals surface area contributed by atoms with Crippen molar-refractivity contribution < 1.29 is 19.1 Å². The van der Waals surface area contributed by atoms with Crippen molar-refractivity contribution in [3.8, 4) is 11.5 Å². The van der Waals surface area contributed by atoms with E-state index in [-0.39, 0.29) is 24.4 Å². The van der Waals surface area contributed by atoms with Gasteiger partial charge in [-0.25, -0.2) is 0 Å². The highest BCUT2D eigenvalue weighted by Gasteiger charge is 2.30. The highest BCUT2D eigenvalue weighted by atomic mass is 16.5. The molecule has 1 unspecified atom stereocenters. The average Bonchev–Trinajstić information content (AvgIpc) is 3.05. The molecule has 0 aliphatic carbocycles. The van der Waals surface area contributed by atoms with Crippen molar-refractivity contribution in [2.45, 2.75) is 32.2 Å². The maximum Gasteiger partial charge on any atom is 0.246 e. The lowest BCUT2D eigenvalue weighted by atomic mass is 10.1. The van der Waals surface area contributed by atoms with Crippen LogP contribution in [0.5, 0.6) is 11.5 Å². The number of para-hydroxylation sites is 1. The zero-order valence-corrected chi connectivity index (χ0v) is 16.5. The molecule has 0 aromatic heterocycles. The van der Waals surface area contributed by atoms with E-state index in [1.807, 2.05) is 49.4 Å². The summed E-state index contributed by atoms with van der Waals surface area (Å²) in [4.78, 5) is 26.6. The minimum Gasteiger partial charge on any atom is -0.493 e. The number of methoxy groups -OCH3 is 2. The molecule has 148 valence electrons. The van der Waals surface area contributed by atoms with E-state index in [2.05, 4.69) is 5.32 Å². The SMILES string of the molecule is COc1ccc(CCC(=O)NCC(=O)N2c3ccccc3CC2C)cc1OC. The van der Waals surface area contributed by atoms with Gasteiger partial charge in [0.2, 0.25) is 11.8 Å². The van der Waals surface area contributed by atoms with Crippen molar-refractivity contribution in [1.82, 2.24) is 5.32 Å². The summed E-state index contributed by atoms with van der Waals surface area (Å²) < 4.78 is 10.5. The zero-order valence-electron chi connectivity index (χ0n) is 16.5. The highest BCUT2D eigenvalue weighted by Crippen LogP contribution is 2.31. The van der Waals surface area contributed by atoms with Crippen molar-refractivity contribution >= 4 is 17.5 Å². The number of benzene rings is 2. The molecule has 1 atom stereocenters. The number of carbonyl (C=O) groups excluding carboxylic acids is 2. The fourth-order valence-corrected chi connectivity index (χ4v) is 3.59. The van der Waals surface area contributed by atoms with Gasteiger partial charge in [-0.05, 0) is 49.1 Å². The van der Waals surface area contributed by atoms with Crippen LogP contribution in [0.2, 0.25) is 0 Å². The van der Waals surface area contributed by atoms with E-state index >= 15 is 0 Å². The van der Waals surface area contributed by atoms with E-state index in [0.717, 1.165) is 17.7 Å². The Balaban J connectivity index is 1.51. The number of hydrogen-bond donors (Lipinski definition) is 1. The fourth-order valence-electron chi connectivity index (χ4n) is 3.59. The normalized spacial score (nSPS) is 15.1. The van der Waals surface area contributed by atoms with Crippen molar-refractivity contribution in [3.63, 3.8) is 0 Å². The van der Waals surface area contributed by atoms with Gasteiger partial charge in [-0.15, -0.1) is 0 Å². The molecule has 0 fully saturated rings. The number of amides is 2. The number of aryl methyl sites for hydroxylation is 1. The van der Waals surface area contributed by atoms with E-state index in [4.69, 9.17) is 9.47 Å². The molecule has 3 rings (SSSR count). The van der Waals surface area contributed by atoms with Crippen LogP contribution in [-0.2, 0) is 22.4 Å². The van der Waals surface area contributed by atoms with Crippen LogP contribution in [0.25, 0.3) is 0 Å². The van der Waals surface area contributed by atoms with Crippen molar-refractivity contribution in [2.24, 2.45) is 0 Å². The first-order chi connectivity index (χ1) is 13.5. The van der Waals surface area contributed by atoms with Gasteiger partial charge in [0.15, 0.2) is 11.5 Å². The predicted octanol–water partition coefficient (Wildman–Crippen LogP) is 2.73. The second-order valence-electron chi connectivity index (χ2n) is 6.91. The molecular formula is C22H26N2O4. The highest BCUT2D eigenvalue weighted by molar-refractivity contribution is 5.99. The molecule has 28 heavy (non-hydrogen) atoms. The van der Waals surface area contributed by atoms with Crippen LogP contribution in [0.4, 0.5) is 5.69 Å². The summed E-state index contributed by atoms with van der Waals surface area (Å²) in [5.74, 6) is 1.05. The number of rotatable bonds is 7. The summed E-state index contributed by atoms with van der Waals surface area (Å²) >= 11 is 0. The number of ether oxygens (including phenoxy) is 2. The zero-order chi connectivity index (χ0) is 20.1. The third kappa shape index (κ3) is 4.27. The molecule has 2 amide bonds. The van der Waals surface area contributed by atoms with E-state index in [0.29, 0.717) is 24.3 Å². The first-order valence-corrected chi connectivity index (χ1v) is 9.41. The number of hydrogen-bond acceptors (Lipinski definition) is 4. The van der Waals surface area contributed by atoms with E-state index < -0.39 is 0 Å². The average molecular weight is 382 g/mol. The Morgan fingerprint density at radius 3 is 2.61 bits per heavy atom. The Morgan fingerprint density at radius 1 is 1.11 bits per heavy atom. The summed E-state index contributed by atoms with van der Waals surface area (Å²) in [6.07, 6.45) is 1.70. The molecule has 0 bridgehead atoms. The third-order valence-corrected chi connectivity index (χ3v) is 5.00. The lowest BCUT2D eigenvalue weighted by Crippen LogP contribution is -2.43. The second-order valence-corrected chi connectivity index (χ2v) is 6.91. The molecule has 2 aromatic rings. The lowest BCUT2D eigenvalue weighted by Gasteiger charge is -2.22. The Bertz CT molecular complexity index is 865. The van der Waals surface area contributed by atoms with E-state index in [1.54, 1.807) is 19.1 Å². The van der Waals surface area contributed by atoms with Gasteiger partial charge in [0.05, 0.1) is 20.8 Å². The van der Waals surface area contributed by atoms with Crippen LogP contribution in [0, 0.1) is 0 Å². The predicted molar refractivity (Wildman–Crippen MR) is 108 cm³/mol. The summed E-state index contributed by atoms with van der Waals surface area (Å²) in [7, 11) is 3.17. The summed E-state index contributed by atoms with van der Waals surface area (Å²) in [6, 6.07) is 13.6. The van der Waals surface area contributed by atoms with Crippen molar-refractivity contribution in [2.75, 3.05) is 25.7 Å². The molecule has 1 N–H and O–H groups in total. The van der Waals surface area contributed by atoms with Crippen LogP contribution < -0.4 is 19.7 Å². The quantitative estimate of drug-likeness (QED) is 0.800. The number of nitrogens with one attached hydrogen (secondary N) is 1. The molecule has 1 aliphatic heterocycles. The Labute approximate surface area is 165 Å². The van der Waals surface area contributed by atoms with Crippen LogP contribution in [0.15, 0.2) is 42.5 Å². The summed E-state index contributed by atoms with van der Waals surface area (Å²) in [6.45, 7) is 2.03. The van der Waals surface area contributed by atoms with Crippen LogP contribution in [-0.4, -0.2) is 38.6 Å². The van der Waals surface area contributed by atoms with Gasteiger partial charge in [0, 0.05) is 18.2 Å². The van der Waals surface area contributed by atoms with Gasteiger partial charge in [0.1, 0.15) is 0 Å². The largest absolute Gasteiger partial charge is 0.493 e. The Morgan fingerprint density at radius 2 is 1.86 bits per heavy atom. The van der Waals surface area contributed by atoms with Crippen LogP contribution in [0.1, 0.15) is 24.5 Å². The first kappa shape index (κ1) is 19.7. The van der Waals surface area contributed by atoms with Crippen LogP contribution in [0.3, 0.4) is 0 Å². The molecule has 0 radical (unpaired) electrons. The number of anilines is 1. The lowest BCUT2D eigenvalue weighted by molar-refractivity contribution is -0.125. The maximum atomic E-state index is 12.6. The van der Waals surface area contributed by atoms with Gasteiger partial charge in [0.25, 0.3) is 0 Å². The number of carbonyl (C=O) groups is 2.